The SMILES string of the molecule is CCOC(=O)c1nnn(Cc2ccc(OC)cc2)c1Oc1cc(Cl)ccc1Cl.COc1ccc(Cn2nnc(C(=O)O)c2Oc2cc(Cl)ccc2Cl)cc1.O=C(O)c1[nH]nnc1Oc1cc(Cl)ccc1Cl.Oc1cc(Cl)ccc1Cl. The Kier molecular flexibility index (Phi) is 22.7. The number of nitrogens with one attached hydrogen (secondary N) is 1. The van der Waals surface area contributed by atoms with Gasteiger partial charge >= 0.3 is 17.9 Å². The fourth-order valence-corrected chi connectivity index (χ4v) is 7.42. The van der Waals surface area contributed by atoms with E-state index < -0.39 is 17.9 Å². The third-order valence-electron chi connectivity index (χ3n) is 9.97. The van der Waals surface area contributed by atoms with Crippen molar-refractivity contribution in [3.63, 3.8) is 0 Å². The minimum atomic E-state index is -1.26. The molecule has 21 nitrogen and oxygen atoms in total. The van der Waals surface area contributed by atoms with Gasteiger partial charge in [0.05, 0.1) is 54.0 Å². The van der Waals surface area contributed by atoms with Crippen LogP contribution in [0.25, 0.3) is 0 Å². The van der Waals surface area contributed by atoms with Gasteiger partial charge in [0.1, 0.15) is 34.5 Å². The molecule has 0 amide bonds. The summed E-state index contributed by atoms with van der Waals surface area (Å²) in [5.41, 5.74) is 1.12. The molecule has 0 aliphatic heterocycles. The van der Waals surface area contributed by atoms with Crippen molar-refractivity contribution in [1.82, 2.24) is 45.4 Å². The van der Waals surface area contributed by atoms with Crippen molar-refractivity contribution in [1.29, 1.82) is 0 Å². The van der Waals surface area contributed by atoms with Gasteiger partial charge in [-0.1, -0.05) is 138 Å². The average Bonchev–Trinajstić information content (AvgIpc) is 4.20. The van der Waals surface area contributed by atoms with Crippen LogP contribution < -0.4 is 23.7 Å². The van der Waals surface area contributed by atoms with Crippen molar-refractivity contribution < 1.29 is 58.1 Å². The Morgan fingerprint density at radius 2 is 0.938 bits per heavy atom. The van der Waals surface area contributed by atoms with Crippen molar-refractivity contribution in [2.75, 3.05) is 20.8 Å². The van der Waals surface area contributed by atoms with E-state index in [0.717, 1.165) is 16.9 Å². The van der Waals surface area contributed by atoms with Crippen molar-refractivity contribution >= 4 is 111 Å². The second-order valence-electron chi connectivity index (χ2n) is 15.4. The van der Waals surface area contributed by atoms with Gasteiger partial charge in [-0.05, 0) is 90.8 Å². The summed E-state index contributed by atoms with van der Waals surface area (Å²) in [4.78, 5) is 34.5. The van der Waals surface area contributed by atoms with Crippen LogP contribution in [-0.2, 0) is 17.8 Å². The number of halogens is 8. The van der Waals surface area contributed by atoms with Crippen molar-refractivity contribution in [3.05, 3.63) is 190 Å². The minimum absolute atomic E-state index is 0.0177. The highest BCUT2D eigenvalue weighted by Crippen LogP contribution is 2.36. The first-order chi connectivity index (χ1) is 38.3. The number of methoxy groups -OCH3 is 2. The number of rotatable bonds is 16. The predicted octanol–water partition coefficient (Wildman–Crippen LogP) is 14.0. The summed E-state index contributed by atoms with van der Waals surface area (Å²) in [6.45, 7) is 2.46. The number of carboxylic acids is 2. The summed E-state index contributed by atoms with van der Waals surface area (Å²) in [5, 5.41) is 54.5. The fourth-order valence-electron chi connectivity index (χ4n) is 6.18. The maximum Gasteiger partial charge on any atom is 0.364 e. The largest absolute Gasteiger partial charge is 0.506 e. The van der Waals surface area contributed by atoms with E-state index in [9.17, 15) is 19.5 Å². The van der Waals surface area contributed by atoms with Crippen LogP contribution in [0.2, 0.25) is 40.2 Å². The van der Waals surface area contributed by atoms with Crippen LogP contribution in [0.3, 0.4) is 0 Å². The summed E-state index contributed by atoms with van der Waals surface area (Å²) in [6.07, 6.45) is 0. The molecule has 3 heterocycles. The molecule has 6 aromatic carbocycles. The van der Waals surface area contributed by atoms with Crippen LogP contribution >= 0.6 is 92.8 Å². The highest BCUT2D eigenvalue weighted by molar-refractivity contribution is 6.36. The first kappa shape index (κ1) is 61.5. The zero-order chi connectivity index (χ0) is 58.0. The maximum atomic E-state index is 12.3. The minimum Gasteiger partial charge on any atom is -0.506 e. The number of hydrogen-bond acceptors (Lipinski definition) is 16. The monoisotopic (exact) mass is 1250 g/mol. The van der Waals surface area contributed by atoms with Gasteiger partial charge in [0.25, 0.3) is 17.6 Å². The molecule has 4 N–H and O–H groups in total. The van der Waals surface area contributed by atoms with Crippen molar-refractivity contribution in [2.24, 2.45) is 0 Å². The zero-order valence-corrected chi connectivity index (χ0v) is 47.3. The normalized spacial score (nSPS) is 10.4. The van der Waals surface area contributed by atoms with Crippen LogP contribution in [0.1, 0.15) is 49.5 Å². The lowest BCUT2D eigenvalue weighted by atomic mass is 10.2. The number of hydrogen-bond donors (Lipinski definition) is 4. The molecule has 0 unspecified atom stereocenters. The Morgan fingerprint density at radius 1 is 0.525 bits per heavy atom. The molecule has 3 aromatic heterocycles. The Balaban J connectivity index is 0.000000183. The molecular weight excluding hydrogens is 1210 g/mol. The van der Waals surface area contributed by atoms with E-state index in [1.54, 1.807) is 81.8 Å². The quantitative estimate of drug-likeness (QED) is 0.0655. The topological polar surface area (TPSA) is 270 Å². The number of carbonyl (C=O) groups excluding carboxylic acids is 1. The number of phenolic OH excluding ortho intramolecular Hbond substituents is 1. The van der Waals surface area contributed by atoms with Gasteiger partial charge in [-0.2, -0.15) is 0 Å². The molecular formula is C51H39Cl8N9O12. The fraction of sp³-hybridized carbons (Fsp3) is 0.118. The predicted molar refractivity (Wildman–Crippen MR) is 298 cm³/mol. The first-order valence-corrected chi connectivity index (χ1v) is 25.5. The van der Waals surface area contributed by atoms with Crippen molar-refractivity contribution in [3.8, 4) is 52.1 Å². The second kappa shape index (κ2) is 29.5. The van der Waals surface area contributed by atoms with Gasteiger partial charge in [0, 0.05) is 44.4 Å². The van der Waals surface area contributed by atoms with Crippen LogP contribution in [-0.4, -0.2) is 99.5 Å². The van der Waals surface area contributed by atoms with Gasteiger partial charge in [-0.25, -0.2) is 28.8 Å². The number of benzene rings is 6. The summed E-state index contributed by atoms with van der Waals surface area (Å²) in [5.74, 6) is -1.10. The lowest BCUT2D eigenvalue weighted by molar-refractivity contribution is 0.0515. The number of phenols is 1. The first-order valence-electron chi connectivity index (χ1n) is 22.5. The van der Waals surface area contributed by atoms with Gasteiger partial charge in [-0.15, -0.1) is 10.2 Å². The Labute approximate surface area is 493 Å². The molecule has 0 radical (unpaired) electrons. The van der Waals surface area contributed by atoms with Crippen LogP contribution in [0, 0.1) is 0 Å². The third-order valence-corrected chi connectivity index (χ3v) is 12.2. The Bertz CT molecular complexity index is 3590. The lowest BCUT2D eigenvalue weighted by Crippen LogP contribution is -2.09. The van der Waals surface area contributed by atoms with E-state index in [1.807, 2.05) is 36.4 Å². The standard InChI is InChI=1S/C19H17Cl2N3O4.C17H13Cl2N3O4.C9H5Cl2N3O3.C6H4Cl2O/c1-3-27-19(25)17-18(28-16-10-13(20)6-9-15(16)21)24(23-22-17)11-12-4-7-14(26-2)8-5-12;1-25-12-5-2-10(3-6-12)9-22-16(15(17(23)24)20-21-22)26-14-8-11(18)4-7-13(14)19;10-4-1-2-5(11)6(3-4)17-8-7(9(15)16)12-14-13-8;7-4-1-2-5(8)6(9)3-4/h4-10H,3,11H2,1-2H3;2-8H,9H2,1H3,(H,23,24);1-3H,(H,15,16)(H,12,13,14);1-3,9H. The average molecular weight is 1250 g/mol. The number of aromatic hydroxyl groups is 1. The molecule has 0 atom stereocenters. The Hall–Kier alpha value is -7.73. The van der Waals surface area contributed by atoms with Gasteiger partial charge in [0.15, 0.2) is 0 Å². The van der Waals surface area contributed by atoms with E-state index >= 15 is 0 Å². The highest BCUT2D eigenvalue weighted by Gasteiger charge is 2.26. The highest BCUT2D eigenvalue weighted by atomic mass is 35.5. The molecule has 0 aliphatic carbocycles. The van der Waals surface area contributed by atoms with E-state index in [4.69, 9.17) is 131 Å². The van der Waals surface area contributed by atoms with E-state index in [0.29, 0.717) is 42.4 Å². The molecule has 0 aliphatic rings. The van der Waals surface area contributed by atoms with Crippen LogP contribution in [0.4, 0.5) is 0 Å². The van der Waals surface area contributed by atoms with Gasteiger partial charge < -0.3 is 43.7 Å². The number of carboxylic acid groups (broad SMARTS) is 2. The molecule has 416 valence electrons. The molecule has 0 fully saturated rings. The summed E-state index contributed by atoms with van der Waals surface area (Å²) >= 11 is 46.9. The molecule has 9 aromatic rings. The number of ether oxygens (including phenoxy) is 6. The van der Waals surface area contributed by atoms with E-state index in [1.165, 1.54) is 33.6 Å². The van der Waals surface area contributed by atoms with Gasteiger partial charge in [-0.3, -0.25) is 0 Å². The van der Waals surface area contributed by atoms with Crippen molar-refractivity contribution in [2.45, 2.75) is 20.0 Å². The summed E-state index contributed by atoms with van der Waals surface area (Å²) in [7, 11) is 3.17. The van der Waals surface area contributed by atoms with E-state index in [-0.39, 0.29) is 80.9 Å². The molecule has 9 rings (SSSR count). The lowest BCUT2D eigenvalue weighted by Gasteiger charge is -2.11. The smallest absolute Gasteiger partial charge is 0.364 e. The number of esters is 1. The molecule has 80 heavy (non-hydrogen) atoms. The second-order valence-corrected chi connectivity index (χ2v) is 18.8. The molecule has 29 heteroatoms. The van der Waals surface area contributed by atoms with E-state index in [2.05, 4.69) is 36.0 Å². The van der Waals surface area contributed by atoms with Gasteiger partial charge in [0.2, 0.25) is 17.1 Å². The Morgan fingerprint density at radius 3 is 1.34 bits per heavy atom. The van der Waals surface area contributed by atoms with Crippen LogP contribution in [0.5, 0.6) is 52.1 Å². The molecule has 0 bridgehead atoms. The number of carbonyl (C=O) groups is 3. The number of aromatic amines is 1. The maximum absolute atomic E-state index is 12.3. The third kappa shape index (κ3) is 17.4. The summed E-state index contributed by atoms with van der Waals surface area (Å²) < 4.78 is 34.9. The summed E-state index contributed by atoms with van der Waals surface area (Å²) in [6, 6.07) is 33.2. The molecule has 0 saturated heterocycles. The zero-order valence-electron chi connectivity index (χ0n) is 41.3. The number of aromatic carboxylic acids is 2. The number of nitrogens with zero attached hydrogens (tertiary/aromatic N) is 8. The molecule has 0 saturated carbocycles. The number of H-pyrrole nitrogens is 1. The molecule has 0 spiro atoms. The number of aromatic nitrogens is 9. The van der Waals surface area contributed by atoms with Crippen LogP contribution in [0.15, 0.2) is 121 Å².